The zero-order valence-corrected chi connectivity index (χ0v) is 18.4. The highest BCUT2D eigenvalue weighted by Gasteiger charge is 2.33. The predicted octanol–water partition coefficient (Wildman–Crippen LogP) is 2.84. The Morgan fingerprint density at radius 2 is 1.85 bits per heavy atom. The van der Waals surface area contributed by atoms with Gasteiger partial charge in [0, 0.05) is 38.3 Å². The first kappa shape index (κ1) is 24.7. The lowest BCUT2D eigenvalue weighted by molar-refractivity contribution is -0.274. The van der Waals surface area contributed by atoms with E-state index in [9.17, 15) is 30.8 Å². The summed E-state index contributed by atoms with van der Waals surface area (Å²) in [6, 6.07) is 6.07. The molecule has 2 aromatic rings. The van der Waals surface area contributed by atoms with Crippen LogP contribution in [0.4, 0.5) is 23.2 Å². The smallest absolute Gasteiger partial charge is 0.404 e. The van der Waals surface area contributed by atoms with Crippen LogP contribution in [0.25, 0.3) is 0 Å². The quantitative estimate of drug-likeness (QED) is 0.601. The van der Waals surface area contributed by atoms with Crippen LogP contribution in [0.5, 0.6) is 5.75 Å². The third-order valence-electron chi connectivity index (χ3n) is 4.93. The van der Waals surface area contributed by atoms with Gasteiger partial charge in [-0.3, -0.25) is 19.4 Å². The highest BCUT2D eigenvalue weighted by molar-refractivity contribution is 7.92. The molecule has 13 heteroatoms. The number of piperazine rings is 1. The number of pyridine rings is 1. The lowest BCUT2D eigenvalue weighted by Crippen LogP contribution is -2.48. The SMILES string of the molecule is CCS(=O)(=O)Nc1ccc(C(=O)N2CCN(Cc3ccc(F)cn3)CC2)cc1OC(F)(F)F. The molecular weight excluding hydrogens is 468 g/mol. The van der Waals surface area contributed by atoms with Gasteiger partial charge in [-0.1, -0.05) is 0 Å². The van der Waals surface area contributed by atoms with Gasteiger partial charge in [-0.05, 0) is 37.3 Å². The van der Waals surface area contributed by atoms with Gasteiger partial charge >= 0.3 is 6.36 Å². The molecule has 0 aliphatic carbocycles. The van der Waals surface area contributed by atoms with E-state index in [1.807, 2.05) is 9.62 Å². The third-order valence-corrected chi connectivity index (χ3v) is 6.22. The maximum Gasteiger partial charge on any atom is 0.573 e. The molecule has 0 atom stereocenters. The molecule has 3 rings (SSSR count). The van der Waals surface area contributed by atoms with E-state index in [0.717, 1.165) is 18.3 Å². The van der Waals surface area contributed by atoms with E-state index in [1.165, 1.54) is 24.0 Å². The second kappa shape index (κ2) is 9.91. The van der Waals surface area contributed by atoms with Crippen LogP contribution in [0.2, 0.25) is 0 Å². The van der Waals surface area contributed by atoms with Crippen molar-refractivity contribution in [3.05, 3.63) is 53.6 Å². The molecule has 1 amide bonds. The molecule has 2 heterocycles. The minimum atomic E-state index is -5.08. The summed E-state index contributed by atoms with van der Waals surface area (Å²) in [5, 5.41) is 0. The summed E-state index contributed by atoms with van der Waals surface area (Å²) in [5.41, 5.74) is 0.194. The molecule has 1 aliphatic heterocycles. The normalized spacial score (nSPS) is 15.4. The fourth-order valence-electron chi connectivity index (χ4n) is 3.21. The summed E-state index contributed by atoms with van der Waals surface area (Å²) in [5.74, 6) is -2.11. The highest BCUT2D eigenvalue weighted by atomic mass is 32.2. The second-order valence-corrected chi connectivity index (χ2v) is 9.31. The Balaban J connectivity index is 1.70. The number of carbonyl (C=O) groups is 1. The van der Waals surface area contributed by atoms with E-state index in [-0.39, 0.29) is 11.3 Å². The number of halogens is 4. The van der Waals surface area contributed by atoms with Crippen LogP contribution >= 0.6 is 0 Å². The topological polar surface area (TPSA) is 91.8 Å². The van der Waals surface area contributed by atoms with E-state index in [1.54, 1.807) is 6.07 Å². The van der Waals surface area contributed by atoms with Crippen molar-refractivity contribution >= 4 is 21.6 Å². The van der Waals surface area contributed by atoms with Crippen LogP contribution in [0.3, 0.4) is 0 Å². The maximum absolute atomic E-state index is 13.0. The van der Waals surface area contributed by atoms with Gasteiger partial charge in [-0.25, -0.2) is 12.8 Å². The Morgan fingerprint density at radius 1 is 1.15 bits per heavy atom. The van der Waals surface area contributed by atoms with E-state index in [2.05, 4.69) is 9.72 Å². The molecule has 1 aliphatic rings. The number of amides is 1. The van der Waals surface area contributed by atoms with Gasteiger partial charge in [0.1, 0.15) is 5.82 Å². The second-order valence-electron chi connectivity index (χ2n) is 7.30. The number of rotatable bonds is 7. The first-order chi connectivity index (χ1) is 15.5. The van der Waals surface area contributed by atoms with Gasteiger partial charge in [-0.2, -0.15) is 0 Å². The Kier molecular flexibility index (Phi) is 7.42. The highest BCUT2D eigenvalue weighted by Crippen LogP contribution is 2.32. The molecule has 1 saturated heterocycles. The fourth-order valence-corrected chi connectivity index (χ4v) is 3.86. The number of ether oxygens (including phenoxy) is 1. The zero-order valence-electron chi connectivity index (χ0n) is 17.6. The molecule has 0 spiro atoms. The molecule has 0 radical (unpaired) electrons. The van der Waals surface area contributed by atoms with Crippen LogP contribution in [-0.2, 0) is 16.6 Å². The molecule has 8 nitrogen and oxygen atoms in total. The van der Waals surface area contributed by atoms with Crippen molar-refractivity contribution in [1.29, 1.82) is 0 Å². The first-order valence-electron chi connectivity index (χ1n) is 9.98. The van der Waals surface area contributed by atoms with Gasteiger partial charge in [-0.15, -0.1) is 13.2 Å². The minimum Gasteiger partial charge on any atom is -0.404 e. The summed E-state index contributed by atoms with van der Waals surface area (Å²) in [6.45, 7) is 3.42. The lowest BCUT2D eigenvalue weighted by atomic mass is 10.1. The van der Waals surface area contributed by atoms with Crippen molar-refractivity contribution in [1.82, 2.24) is 14.8 Å². The molecular formula is C20H22F4N4O4S. The first-order valence-corrected chi connectivity index (χ1v) is 11.6. The zero-order chi connectivity index (χ0) is 24.2. The summed E-state index contributed by atoms with van der Waals surface area (Å²) in [4.78, 5) is 20.4. The van der Waals surface area contributed by atoms with Crippen molar-refractivity contribution in [3.8, 4) is 5.75 Å². The Bertz CT molecular complexity index is 1090. The number of hydrogen-bond acceptors (Lipinski definition) is 6. The van der Waals surface area contributed by atoms with Crippen LogP contribution in [-0.4, -0.2) is 67.4 Å². The number of aromatic nitrogens is 1. The minimum absolute atomic E-state index is 0.0673. The predicted molar refractivity (Wildman–Crippen MR) is 112 cm³/mol. The van der Waals surface area contributed by atoms with E-state index in [0.29, 0.717) is 38.4 Å². The average Bonchev–Trinajstić information content (AvgIpc) is 2.75. The van der Waals surface area contributed by atoms with Crippen molar-refractivity contribution in [2.24, 2.45) is 0 Å². The van der Waals surface area contributed by atoms with Gasteiger partial charge in [0.25, 0.3) is 5.91 Å². The van der Waals surface area contributed by atoms with Crippen LogP contribution < -0.4 is 9.46 Å². The van der Waals surface area contributed by atoms with E-state index < -0.39 is 39.5 Å². The Labute approximate surface area is 188 Å². The van der Waals surface area contributed by atoms with Crippen LogP contribution in [0.15, 0.2) is 36.5 Å². The number of sulfonamides is 1. The number of nitrogens with zero attached hydrogens (tertiary/aromatic N) is 3. The van der Waals surface area contributed by atoms with Gasteiger partial charge in [0.15, 0.2) is 5.75 Å². The number of carbonyl (C=O) groups excluding carboxylic acids is 1. The van der Waals surface area contributed by atoms with Crippen molar-refractivity contribution in [2.75, 3.05) is 36.7 Å². The van der Waals surface area contributed by atoms with Crippen LogP contribution in [0, 0.1) is 5.82 Å². The molecule has 1 fully saturated rings. The van der Waals surface area contributed by atoms with Gasteiger partial charge < -0.3 is 9.64 Å². The number of benzene rings is 1. The number of anilines is 1. The standard InChI is InChI=1S/C20H22F4N4O4S/c1-2-33(30,31)26-17-6-3-14(11-18(17)32-20(22,23)24)19(29)28-9-7-27(8-10-28)13-16-5-4-15(21)12-25-16/h3-6,11-12,26H,2,7-10,13H2,1H3. The van der Waals surface area contributed by atoms with Crippen LogP contribution in [0.1, 0.15) is 23.0 Å². The van der Waals surface area contributed by atoms with E-state index in [4.69, 9.17) is 0 Å². The largest absolute Gasteiger partial charge is 0.573 e. The monoisotopic (exact) mass is 490 g/mol. The summed E-state index contributed by atoms with van der Waals surface area (Å²) in [7, 11) is -3.86. The molecule has 180 valence electrons. The summed E-state index contributed by atoms with van der Waals surface area (Å²) < 4.78 is 81.0. The molecule has 0 bridgehead atoms. The third kappa shape index (κ3) is 7.02. The summed E-state index contributed by atoms with van der Waals surface area (Å²) >= 11 is 0. The van der Waals surface area contributed by atoms with Gasteiger partial charge in [0.2, 0.25) is 10.0 Å². The molecule has 0 unspecified atom stereocenters. The van der Waals surface area contributed by atoms with Gasteiger partial charge in [0.05, 0.1) is 23.3 Å². The molecule has 1 aromatic carbocycles. The van der Waals surface area contributed by atoms with Crippen molar-refractivity contribution in [3.63, 3.8) is 0 Å². The molecule has 33 heavy (non-hydrogen) atoms. The average molecular weight is 490 g/mol. The lowest BCUT2D eigenvalue weighted by Gasteiger charge is -2.34. The molecule has 1 N–H and O–H groups in total. The van der Waals surface area contributed by atoms with Crippen molar-refractivity contribution in [2.45, 2.75) is 19.8 Å². The number of hydrogen-bond donors (Lipinski definition) is 1. The number of nitrogens with one attached hydrogen (secondary N) is 1. The molecule has 1 aromatic heterocycles. The Hall–Kier alpha value is -2.93. The fraction of sp³-hybridized carbons (Fsp3) is 0.400. The number of alkyl halides is 3. The van der Waals surface area contributed by atoms with E-state index >= 15 is 0 Å². The molecule has 0 saturated carbocycles. The Morgan fingerprint density at radius 3 is 2.42 bits per heavy atom. The maximum atomic E-state index is 13.0. The van der Waals surface area contributed by atoms with Crippen molar-refractivity contribution < 1.29 is 35.5 Å². The summed E-state index contributed by atoms with van der Waals surface area (Å²) in [6.07, 6.45) is -3.95.